The standard InChI is InChI=1S/C42H50N6O6Si/c1-28-40(55(2,3)53)36(21-24-45-27-34(43-44-45)39(51)30-11-5-4-6-12-30)54-42(28)33-25-32(47-23-10-8-14-38(47)50)19-20-35(33)48(41(42)52)26-29-15-17-31(18-16-29)46-22-9-7-13-37(46)49/h4-6,11-12,15-20,25,27-28,36,39-40,51,53H,7-10,13-14,21-24,26H2,1-3H3/t28-,36+,39+,40-,42+/m0/s1. The van der Waals surface area contributed by atoms with Gasteiger partial charge < -0.3 is 29.3 Å². The van der Waals surface area contributed by atoms with Gasteiger partial charge >= 0.3 is 0 Å². The molecular formula is C42H50N6O6Si. The molecule has 3 saturated heterocycles. The summed E-state index contributed by atoms with van der Waals surface area (Å²) in [4.78, 5) is 58.2. The molecule has 5 heterocycles. The molecule has 0 saturated carbocycles. The van der Waals surface area contributed by atoms with Gasteiger partial charge in [0.2, 0.25) is 11.8 Å². The summed E-state index contributed by atoms with van der Waals surface area (Å²) >= 11 is 0. The van der Waals surface area contributed by atoms with E-state index >= 15 is 4.79 Å². The maximum atomic E-state index is 15.2. The van der Waals surface area contributed by atoms with Gasteiger partial charge in [-0.3, -0.25) is 19.1 Å². The van der Waals surface area contributed by atoms with Gasteiger partial charge in [-0.15, -0.1) is 5.10 Å². The molecule has 4 aromatic rings. The van der Waals surface area contributed by atoms with Gasteiger partial charge in [0.25, 0.3) is 5.91 Å². The van der Waals surface area contributed by atoms with Crippen LogP contribution in [0.25, 0.3) is 0 Å². The third-order valence-corrected chi connectivity index (χ3v) is 14.6. The van der Waals surface area contributed by atoms with Gasteiger partial charge in [-0.1, -0.05) is 54.6 Å². The number of aryl methyl sites for hydroxylation is 1. The minimum atomic E-state index is -2.95. The first-order valence-electron chi connectivity index (χ1n) is 19.6. The average molecular weight is 763 g/mol. The predicted octanol–water partition coefficient (Wildman–Crippen LogP) is 5.83. The number of hydrogen-bond acceptors (Lipinski definition) is 8. The van der Waals surface area contributed by atoms with E-state index in [4.69, 9.17) is 4.74 Å². The zero-order valence-electron chi connectivity index (χ0n) is 31.8. The number of anilines is 3. The minimum Gasteiger partial charge on any atom is -0.432 e. The molecule has 0 bridgehead atoms. The van der Waals surface area contributed by atoms with Crippen molar-refractivity contribution < 1.29 is 29.0 Å². The number of aliphatic hydroxyl groups excluding tert-OH is 1. The molecule has 4 aliphatic heterocycles. The van der Waals surface area contributed by atoms with Crippen LogP contribution in [0.4, 0.5) is 17.1 Å². The SMILES string of the molecule is C[C@H]1[C@H]([Si](C)(C)O)[C@@H](CCn2cc([C@H](O)c3ccccc3)nn2)O[C@]12C(=O)N(Cc1ccc(N3CCCCC3=O)cc1)c1ccc(N3CCCCC3=O)cc12. The zero-order chi connectivity index (χ0) is 38.5. The van der Waals surface area contributed by atoms with Crippen molar-refractivity contribution in [3.05, 3.63) is 101 Å². The number of aliphatic hydroxyl groups is 1. The van der Waals surface area contributed by atoms with E-state index < -0.39 is 26.1 Å². The van der Waals surface area contributed by atoms with Gasteiger partial charge in [0.05, 0.1) is 24.5 Å². The molecule has 8 rings (SSSR count). The normalized spacial score (nSPS) is 24.9. The summed E-state index contributed by atoms with van der Waals surface area (Å²) in [5.41, 5.74) is 3.43. The van der Waals surface area contributed by atoms with E-state index in [9.17, 15) is 19.5 Å². The molecule has 1 spiro atoms. The second-order valence-corrected chi connectivity index (χ2v) is 20.1. The first-order chi connectivity index (χ1) is 26.5. The second kappa shape index (κ2) is 14.8. The number of amides is 3. The number of carbonyl (C=O) groups excluding carboxylic acids is 3. The number of rotatable bonds is 10. The van der Waals surface area contributed by atoms with Crippen LogP contribution >= 0.6 is 0 Å². The molecule has 55 heavy (non-hydrogen) atoms. The molecule has 0 unspecified atom stereocenters. The third-order valence-electron chi connectivity index (χ3n) is 12.1. The first-order valence-corrected chi connectivity index (χ1v) is 22.7. The second-order valence-electron chi connectivity index (χ2n) is 16.1. The van der Waals surface area contributed by atoms with Crippen LogP contribution in [-0.4, -0.2) is 70.1 Å². The quantitative estimate of drug-likeness (QED) is 0.193. The summed E-state index contributed by atoms with van der Waals surface area (Å²) in [5, 5.41) is 19.5. The fourth-order valence-corrected chi connectivity index (χ4v) is 12.0. The van der Waals surface area contributed by atoms with Crippen molar-refractivity contribution in [3.63, 3.8) is 0 Å². The van der Waals surface area contributed by atoms with Crippen molar-refractivity contribution in [1.82, 2.24) is 15.0 Å². The predicted molar refractivity (Wildman–Crippen MR) is 211 cm³/mol. The lowest BCUT2D eigenvalue weighted by molar-refractivity contribution is -0.146. The molecular weight excluding hydrogens is 713 g/mol. The molecule has 2 N–H and O–H groups in total. The Kier molecular flexibility index (Phi) is 9.99. The summed E-state index contributed by atoms with van der Waals surface area (Å²) in [6.45, 7) is 7.85. The summed E-state index contributed by atoms with van der Waals surface area (Å²) in [7, 11) is -2.95. The van der Waals surface area contributed by atoms with Crippen LogP contribution < -0.4 is 14.7 Å². The smallest absolute Gasteiger partial charge is 0.264 e. The zero-order valence-corrected chi connectivity index (χ0v) is 32.8. The van der Waals surface area contributed by atoms with Crippen LogP contribution in [0.5, 0.6) is 0 Å². The molecule has 1 aromatic heterocycles. The highest BCUT2D eigenvalue weighted by atomic mass is 28.4. The van der Waals surface area contributed by atoms with Crippen LogP contribution in [0.2, 0.25) is 18.6 Å². The van der Waals surface area contributed by atoms with Gasteiger partial charge in [-0.25, -0.2) is 0 Å². The topological polar surface area (TPSA) is 141 Å². The monoisotopic (exact) mass is 762 g/mol. The number of benzene rings is 3. The average Bonchev–Trinajstić information content (AvgIpc) is 3.85. The van der Waals surface area contributed by atoms with Crippen molar-refractivity contribution in [2.75, 3.05) is 27.8 Å². The minimum absolute atomic E-state index is 0.0679. The Morgan fingerprint density at radius 3 is 2.20 bits per heavy atom. The van der Waals surface area contributed by atoms with E-state index in [-0.39, 0.29) is 29.2 Å². The van der Waals surface area contributed by atoms with Gasteiger partial charge in [-0.05, 0) is 86.7 Å². The van der Waals surface area contributed by atoms with Crippen LogP contribution in [-0.2, 0) is 37.8 Å². The van der Waals surface area contributed by atoms with E-state index in [1.165, 1.54) is 0 Å². The number of ether oxygens (including phenoxy) is 1. The van der Waals surface area contributed by atoms with Gasteiger partial charge in [-0.2, -0.15) is 0 Å². The maximum Gasteiger partial charge on any atom is 0.264 e. The largest absolute Gasteiger partial charge is 0.432 e. The van der Waals surface area contributed by atoms with E-state index in [1.54, 1.807) is 15.8 Å². The molecule has 13 heteroatoms. The van der Waals surface area contributed by atoms with Crippen molar-refractivity contribution >= 4 is 43.1 Å². The van der Waals surface area contributed by atoms with Crippen LogP contribution in [0, 0.1) is 5.92 Å². The Hall–Kier alpha value is -4.69. The van der Waals surface area contributed by atoms with E-state index in [2.05, 4.69) is 10.3 Å². The Morgan fingerprint density at radius 1 is 0.891 bits per heavy atom. The molecule has 4 aliphatic rings. The number of piperidine rings is 2. The summed E-state index contributed by atoms with van der Waals surface area (Å²) in [6.07, 6.45) is 5.50. The lowest BCUT2D eigenvalue weighted by Crippen LogP contribution is -2.46. The van der Waals surface area contributed by atoms with Crippen LogP contribution in [0.1, 0.15) is 80.4 Å². The highest BCUT2D eigenvalue weighted by Gasteiger charge is 2.66. The van der Waals surface area contributed by atoms with Gasteiger partial charge in [0.1, 0.15) is 11.8 Å². The number of hydrogen-bond donors (Lipinski definition) is 2. The Bertz CT molecular complexity index is 2070. The number of nitrogens with zero attached hydrogens (tertiary/aromatic N) is 6. The fraction of sp³-hybridized carbons (Fsp3) is 0.452. The van der Waals surface area contributed by atoms with E-state index in [0.29, 0.717) is 51.1 Å². The summed E-state index contributed by atoms with van der Waals surface area (Å²) in [6, 6.07) is 23.0. The highest BCUT2D eigenvalue weighted by molar-refractivity contribution is 6.71. The molecule has 3 fully saturated rings. The molecule has 0 radical (unpaired) electrons. The van der Waals surface area contributed by atoms with Crippen LogP contribution in [0.3, 0.4) is 0 Å². The van der Waals surface area contributed by atoms with Crippen molar-refractivity contribution in [1.29, 1.82) is 0 Å². The lowest BCUT2D eigenvalue weighted by atomic mass is 9.82. The summed E-state index contributed by atoms with van der Waals surface area (Å²) in [5.74, 6) is -0.370. The van der Waals surface area contributed by atoms with E-state index in [1.807, 2.05) is 103 Å². The van der Waals surface area contributed by atoms with Gasteiger partial charge in [0.15, 0.2) is 13.9 Å². The lowest BCUT2D eigenvalue weighted by Gasteiger charge is -2.33. The Labute approximate surface area is 322 Å². The number of carbonyl (C=O) groups is 3. The fourth-order valence-electron chi connectivity index (χ4n) is 9.40. The molecule has 0 aliphatic carbocycles. The molecule has 288 valence electrons. The summed E-state index contributed by atoms with van der Waals surface area (Å²) < 4.78 is 8.80. The third kappa shape index (κ3) is 6.81. The van der Waals surface area contributed by atoms with Crippen molar-refractivity contribution in [3.8, 4) is 0 Å². The maximum absolute atomic E-state index is 15.2. The Balaban J connectivity index is 1.11. The number of fused-ring (bicyclic) bond motifs is 2. The molecule has 3 aromatic carbocycles. The van der Waals surface area contributed by atoms with Crippen molar-refractivity contribution in [2.24, 2.45) is 5.92 Å². The number of aromatic nitrogens is 3. The highest BCUT2D eigenvalue weighted by Crippen LogP contribution is 2.60. The first kappa shape index (κ1) is 37.2. The molecule has 12 nitrogen and oxygen atoms in total. The van der Waals surface area contributed by atoms with Crippen molar-refractivity contribution in [2.45, 2.75) is 101 Å². The van der Waals surface area contributed by atoms with Crippen LogP contribution in [0.15, 0.2) is 79.0 Å². The van der Waals surface area contributed by atoms with E-state index in [0.717, 1.165) is 59.4 Å². The van der Waals surface area contributed by atoms with Gasteiger partial charge in [0, 0.05) is 60.9 Å². The molecule has 5 atom stereocenters. The Morgan fingerprint density at radius 2 is 1.55 bits per heavy atom. The molecule has 3 amide bonds.